The number of hydrogen-bond donors (Lipinski definition) is 2. The standard InChI is InChI=1S/C20H24N8/c1-13-11-22-17-4-3-16(26-28(13)17)18-15-5-8-21-19(15)25-20(24-18)23-12-14-6-9-27(2)10-7-14/h3-5,8,11,14H,6-7,9-10,12H2,1-2H3,(H2,21,23,24,25). The SMILES string of the molecule is Cc1cnc2ccc(-c3nc(NCC4CCN(C)CC4)nc4[nH]ccc34)nn12. The number of fused-ring (bicyclic) bond motifs is 2. The van der Waals surface area contributed by atoms with Crippen molar-refractivity contribution in [3.63, 3.8) is 0 Å². The van der Waals surface area contributed by atoms with E-state index in [0.29, 0.717) is 11.9 Å². The van der Waals surface area contributed by atoms with Gasteiger partial charge in [-0.3, -0.25) is 0 Å². The fourth-order valence-electron chi connectivity index (χ4n) is 3.83. The Hall–Kier alpha value is -3.00. The van der Waals surface area contributed by atoms with Gasteiger partial charge < -0.3 is 15.2 Å². The lowest BCUT2D eigenvalue weighted by Crippen LogP contribution is -2.33. The van der Waals surface area contributed by atoms with Gasteiger partial charge in [-0.2, -0.15) is 10.1 Å². The molecule has 1 aliphatic rings. The average Bonchev–Trinajstić information content (AvgIpc) is 3.33. The molecule has 8 nitrogen and oxygen atoms in total. The van der Waals surface area contributed by atoms with Crippen LogP contribution in [0.1, 0.15) is 18.5 Å². The minimum absolute atomic E-state index is 0.646. The van der Waals surface area contributed by atoms with E-state index < -0.39 is 0 Å². The topological polar surface area (TPSA) is 87.0 Å². The van der Waals surface area contributed by atoms with Crippen LogP contribution in [0, 0.1) is 12.8 Å². The van der Waals surface area contributed by atoms with E-state index in [1.54, 1.807) is 0 Å². The van der Waals surface area contributed by atoms with Crippen molar-refractivity contribution in [2.24, 2.45) is 5.92 Å². The molecule has 0 aliphatic carbocycles. The number of aromatic nitrogens is 6. The van der Waals surface area contributed by atoms with Gasteiger partial charge in [-0.15, -0.1) is 0 Å². The molecule has 4 aromatic rings. The number of rotatable bonds is 4. The molecule has 0 amide bonds. The first-order chi connectivity index (χ1) is 13.7. The molecule has 0 atom stereocenters. The van der Waals surface area contributed by atoms with Gasteiger partial charge in [0.15, 0.2) is 5.65 Å². The molecule has 0 unspecified atom stereocenters. The Balaban J connectivity index is 1.47. The first kappa shape index (κ1) is 17.1. The number of imidazole rings is 1. The molecule has 5 rings (SSSR count). The van der Waals surface area contributed by atoms with Gasteiger partial charge in [0, 0.05) is 18.1 Å². The summed E-state index contributed by atoms with van der Waals surface area (Å²) in [6.45, 7) is 5.20. The maximum atomic E-state index is 4.81. The zero-order valence-corrected chi connectivity index (χ0v) is 16.2. The van der Waals surface area contributed by atoms with Crippen LogP contribution in [0.15, 0.2) is 30.6 Å². The second kappa shape index (κ2) is 6.87. The monoisotopic (exact) mass is 376 g/mol. The van der Waals surface area contributed by atoms with Gasteiger partial charge in [-0.05, 0) is 64.0 Å². The van der Waals surface area contributed by atoms with Gasteiger partial charge in [-0.1, -0.05) is 0 Å². The normalized spacial score (nSPS) is 16.2. The van der Waals surface area contributed by atoms with Crippen LogP contribution in [0.5, 0.6) is 0 Å². The number of likely N-dealkylation sites (tertiary alicyclic amines) is 1. The number of aryl methyl sites for hydroxylation is 1. The Labute approximate surface area is 163 Å². The van der Waals surface area contributed by atoms with Crippen LogP contribution in [-0.2, 0) is 0 Å². The Morgan fingerprint density at radius 3 is 2.89 bits per heavy atom. The highest BCUT2D eigenvalue weighted by Gasteiger charge is 2.18. The zero-order chi connectivity index (χ0) is 19.1. The fourth-order valence-corrected chi connectivity index (χ4v) is 3.83. The van der Waals surface area contributed by atoms with E-state index in [4.69, 9.17) is 10.1 Å². The average molecular weight is 376 g/mol. The summed E-state index contributed by atoms with van der Waals surface area (Å²) in [4.78, 5) is 19.4. The summed E-state index contributed by atoms with van der Waals surface area (Å²) in [5.41, 5.74) is 4.29. The van der Waals surface area contributed by atoms with Crippen molar-refractivity contribution in [1.82, 2.24) is 34.4 Å². The van der Waals surface area contributed by atoms with E-state index in [-0.39, 0.29) is 0 Å². The molecule has 4 aromatic heterocycles. The molecular weight excluding hydrogens is 352 g/mol. The largest absolute Gasteiger partial charge is 0.354 e. The molecule has 28 heavy (non-hydrogen) atoms. The summed E-state index contributed by atoms with van der Waals surface area (Å²) >= 11 is 0. The summed E-state index contributed by atoms with van der Waals surface area (Å²) in [7, 11) is 2.18. The Kier molecular flexibility index (Phi) is 4.20. The van der Waals surface area contributed by atoms with Gasteiger partial charge in [-0.25, -0.2) is 14.5 Å². The Bertz CT molecular complexity index is 1120. The van der Waals surface area contributed by atoms with Crippen LogP contribution >= 0.6 is 0 Å². The molecule has 0 saturated carbocycles. The van der Waals surface area contributed by atoms with Crippen LogP contribution in [-0.4, -0.2) is 61.1 Å². The number of hydrogen-bond acceptors (Lipinski definition) is 6. The van der Waals surface area contributed by atoms with Gasteiger partial charge in [0.05, 0.1) is 11.9 Å². The first-order valence-electron chi connectivity index (χ1n) is 9.77. The molecule has 2 N–H and O–H groups in total. The number of anilines is 1. The molecule has 144 valence electrons. The number of nitrogens with one attached hydrogen (secondary N) is 2. The lowest BCUT2D eigenvalue weighted by atomic mass is 9.97. The maximum absolute atomic E-state index is 4.81. The third kappa shape index (κ3) is 3.09. The lowest BCUT2D eigenvalue weighted by Gasteiger charge is -2.28. The molecule has 0 spiro atoms. The molecule has 1 fully saturated rings. The van der Waals surface area contributed by atoms with Crippen molar-refractivity contribution >= 4 is 22.6 Å². The minimum Gasteiger partial charge on any atom is -0.354 e. The van der Waals surface area contributed by atoms with Gasteiger partial charge in [0.1, 0.15) is 17.0 Å². The van der Waals surface area contributed by atoms with Crippen molar-refractivity contribution in [2.75, 3.05) is 32.0 Å². The van der Waals surface area contributed by atoms with E-state index in [0.717, 1.165) is 53.4 Å². The van der Waals surface area contributed by atoms with E-state index in [9.17, 15) is 0 Å². The van der Waals surface area contributed by atoms with E-state index in [2.05, 4.69) is 32.2 Å². The van der Waals surface area contributed by atoms with Crippen LogP contribution in [0.25, 0.3) is 28.1 Å². The molecule has 1 saturated heterocycles. The third-order valence-electron chi connectivity index (χ3n) is 5.58. The highest BCUT2D eigenvalue weighted by molar-refractivity contribution is 5.90. The molecule has 5 heterocycles. The summed E-state index contributed by atoms with van der Waals surface area (Å²) in [6, 6.07) is 5.94. The Morgan fingerprint density at radius 2 is 2.04 bits per heavy atom. The van der Waals surface area contributed by atoms with Gasteiger partial charge >= 0.3 is 0 Å². The Morgan fingerprint density at radius 1 is 1.18 bits per heavy atom. The highest BCUT2D eigenvalue weighted by Crippen LogP contribution is 2.26. The maximum Gasteiger partial charge on any atom is 0.225 e. The third-order valence-corrected chi connectivity index (χ3v) is 5.58. The predicted molar refractivity (Wildman–Crippen MR) is 109 cm³/mol. The molecule has 0 aromatic carbocycles. The van der Waals surface area contributed by atoms with Crippen molar-refractivity contribution in [1.29, 1.82) is 0 Å². The quantitative estimate of drug-likeness (QED) is 0.569. The zero-order valence-electron chi connectivity index (χ0n) is 16.2. The van der Waals surface area contributed by atoms with E-state index in [1.807, 2.05) is 42.0 Å². The minimum atomic E-state index is 0.646. The van der Waals surface area contributed by atoms with E-state index >= 15 is 0 Å². The smallest absolute Gasteiger partial charge is 0.225 e. The van der Waals surface area contributed by atoms with Crippen molar-refractivity contribution in [2.45, 2.75) is 19.8 Å². The number of aromatic amines is 1. The van der Waals surface area contributed by atoms with Crippen LogP contribution in [0.3, 0.4) is 0 Å². The number of piperidine rings is 1. The first-order valence-corrected chi connectivity index (χ1v) is 9.77. The molecular formula is C20H24N8. The van der Waals surface area contributed by atoms with Crippen LogP contribution < -0.4 is 5.32 Å². The predicted octanol–water partition coefficient (Wildman–Crippen LogP) is 2.73. The number of nitrogens with zero attached hydrogens (tertiary/aromatic N) is 6. The van der Waals surface area contributed by atoms with Gasteiger partial charge in [0.25, 0.3) is 0 Å². The summed E-state index contributed by atoms with van der Waals surface area (Å²) in [5, 5.41) is 9.18. The fraction of sp³-hybridized carbons (Fsp3) is 0.400. The lowest BCUT2D eigenvalue weighted by molar-refractivity contribution is 0.226. The molecule has 8 heteroatoms. The van der Waals surface area contributed by atoms with Crippen LogP contribution in [0.4, 0.5) is 5.95 Å². The van der Waals surface area contributed by atoms with Crippen molar-refractivity contribution in [3.05, 3.63) is 36.3 Å². The van der Waals surface area contributed by atoms with Crippen LogP contribution in [0.2, 0.25) is 0 Å². The number of H-pyrrole nitrogens is 1. The second-order valence-electron chi connectivity index (χ2n) is 7.65. The van der Waals surface area contributed by atoms with Crippen molar-refractivity contribution in [3.8, 4) is 11.4 Å². The summed E-state index contributed by atoms with van der Waals surface area (Å²) < 4.78 is 1.85. The molecule has 0 bridgehead atoms. The van der Waals surface area contributed by atoms with Gasteiger partial charge in [0.2, 0.25) is 5.95 Å². The van der Waals surface area contributed by atoms with E-state index in [1.165, 1.54) is 12.8 Å². The highest BCUT2D eigenvalue weighted by atomic mass is 15.3. The molecule has 0 radical (unpaired) electrons. The second-order valence-corrected chi connectivity index (χ2v) is 7.65. The molecule has 1 aliphatic heterocycles. The summed E-state index contributed by atoms with van der Waals surface area (Å²) in [5.74, 6) is 1.30. The summed E-state index contributed by atoms with van der Waals surface area (Å²) in [6.07, 6.45) is 6.13. The van der Waals surface area contributed by atoms with Crippen molar-refractivity contribution < 1.29 is 0 Å².